The lowest BCUT2D eigenvalue weighted by Gasteiger charge is -2.27. The Morgan fingerprint density at radius 1 is 1.15 bits per heavy atom. The largest absolute Gasteiger partial charge is 0.349 e. The number of hydrogen-bond donors (Lipinski definition) is 2. The Kier molecular flexibility index (Phi) is 6.37. The summed E-state index contributed by atoms with van der Waals surface area (Å²) >= 11 is 1.39. The minimum atomic E-state index is -0.187. The molecule has 4 aromatic heterocycles. The predicted molar refractivity (Wildman–Crippen MR) is 130 cm³/mol. The molecule has 0 aliphatic rings. The standard InChI is InChI=1S/C25H27N5O2S/c1-15(25(2,3)4)29-24(32)17-13-27-23-22(17)30-18(14-28-23)20-7-8-21(33-20)19(31)6-5-16-9-11-26-12-10-16/h7-15H,5-6H2,1-4H3,(H,27,28)(H,29,32)/t15-/m0/s1. The average molecular weight is 462 g/mol. The zero-order chi connectivity index (χ0) is 23.6. The monoisotopic (exact) mass is 461 g/mol. The molecule has 2 N–H and O–H groups in total. The van der Waals surface area contributed by atoms with Crippen LogP contribution in [0, 0.1) is 5.41 Å². The highest BCUT2D eigenvalue weighted by Crippen LogP contribution is 2.29. The summed E-state index contributed by atoms with van der Waals surface area (Å²) in [7, 11) is 0. The van der Waals surface area contributed by atoms with Gasteiger partial charge in [-0.05, 0) is 48.6 Å². The van der Waals surface area contributed by atoms with Crippen molar-refractivity contribution in [2.45, 2.75) is 46.6 Å². The molecule has 0 radical (unpaired) electrons. The molecule has 4 aromatic rings. The van der Waals surface area contributed by atoms with Gasteiger partial charge in [-0.1, -0.05) is 20.8 Å². The first-order valence-corrected chi connectivity index (χ1v) is 11.7. The van der Waals surface area contributed by atoms with Crippen LogP contribution in [0.4, 0.5) is 0 Å². The number of aromatic nitrogens is 4. The van der Waals surface area contributed by atoms with Gasteiger partial charge in [-0.15, -0.1) is 11.3 Å². The summed E-state index contributed by atoms with van der Waals surface area (Å²) in [6.45, 7) is 8.23. The van der Waals surface area contributed by atoms with Crippen LogP contribution in [0.1, 0.15) is 59.7 Å². The van der Waals surface area contributed by atoms with Crippen LogP contribution in [-0.2, 0) is 6.42 Å². The third kappa shape index (κ3) is 5.17. The molecule has 0 saturated heterocycles. The number of carbonyl (C=O) groups is 2. The second-order valence-electron chi connectivity index (χ2n) is 9.16. The lowest BCUT2D eigenvalue weighted by molar-refractivity contribution is 0.0911. The Hall–Kier alpha value is -3.39. The van der Waals surface area contributed by atoms with Crippen molar-refractivity contribution >= 4 is 34.2 Å². The van der Waals surface area contributed by atoms with Gasteiger partial charge in [0.1, 0.15) is 5.52 Å². The maximum Gasteiger partial charge on any atom is 0.255 e. The highest BCUT2D eigenvalue weighted by Gasteiger charge is 2.24. The van der Waals surface area contributed by atoms with Crippen molar-refractivity contribution in [1.29, 1.82) is 0 Å². The maximum atomic E-state index is 12.9. The van der Waals surface area contributed by atoms with E-state index in [1.807, 2.05) is 31.2 Å². The van der Waals surface area contributed by atoms with Crippen LogP contribution in [0.25, 0.3) is 21.7 Å². The molecule has 170 valence electrons. The molecule has 0 saturated carbocycles. The average Bonchev–Trinajstić information content (AvgIpc) is 3.44. The Balaban J connectivity index is 1.52. The van der Waals surface area contributed by atoms with Gasteiger partial charge in [0.05, 0.1) is 27.2 Å². The number of fused-ring (bicyclic) bond motifs is 1. The first-order valence-electron chi connectivity index (χ1n) is 10.9. The predicted octanol–water partition coefficient (Wildman–Crippen LogP) is 5.06. The SMILES string of the molecule is C[C@H](NC(=O)c1c[nH]c2ncc(-c3ccc(C(=O)CCc4ccncc4)s3)nc12)C(C)(C)C. The Morgan fingerprint density at radius 2 is 1.91 bits per heavy atom. The van der Waals surface area contributed by atoms with E-state index in [9.17, 15) is 9.59 Å². The number of carbonyl (C=O) groups excluding carboxylic acids is 2. The molecule has 33 heavy (non-hydrogen) atoms. The summed E-state index contributed by atoms with van der Waals surface area (Å²) in [4.78, 5) is 43.2. The summed E-state index contributed by atoms with van der Waals surface area (Å²) in [5, 5.41) is 3.05. The number of rotatable bonds is 7. The number of H-pyrrole nitrogens is 1. The van der Waals surface area contributed by atoms with E-state index >= 15 is 0 Å². The number of hydrogen-bond acceptors (Lipinski definition) is 6. The van der Waals surface area contributed by atoms with Crippen LogP contribution in [0.5, 0.6) is 0 Å². The number of Topliss-reactive ketones (excluding diaryl/α,β-unsaturated/α-hetero) is 1. The van der Waals surface area contributed by atoms with Crippen LogP contribution in [0.3, 0.4) is 0 Å². The normalized spacial score (nSPS) is 12.6. The van der Waals surface area contributed by atoms with Crippen molar-refractivity contribution in [2.75, 3.05) is 0 Å². The quantitative estimate of drug-likeness (QED) is 0.375. The van der Waals surface area contributed by atoms with Gasteiger partial charge in [-0.3, -0.25) is 14.6 Å². The summed E-state index contributed by atoms with van der Waals surface area (Å²) in [5.41, 5.74) is 3.20. The Morgan fingerprint density at radius 3 is 2.64 bits per heavy atom. The molecule has 0 spiro atoms. The fourth-order valence-electron chi connectivity index (χ4n) is 3.23. The first-order chi connectivity index (χ1) is 15.7. The van der Waals surface area contributed by atoms with Gasteiger partial charge in [-0.2, -0.15) is 0 Å². The topological polar surface area (TPSA) is 101 Å². The lowest BCUT2D eigenvalue weighted by atomic mass is 9.88. The van der Waals surface area contributed by atoms with Crippen LogP contribution < -0.4 is 5.32 Å². The number of amides is 1. The molecule has 4 heterocycles. The second kappa shape index (κ2) is 9.23. The number of pyridine rings is 1. The second-order valence-corrected chi connectivity index (χ2v) is 10.2. The van der Waals surface area contributed by atoms with Crippen LogP contribution in [0.2, 0.25) is 0 Å². The molecular weight excluding hydrogens is 434 g/mol. The highest BCUT2D eigenvalue weighted by molar-refractivity contribution is 7.17. The lowest BCUT2D eigenvalue weighted by Crippen LogP contribution is -2.41. The molecule has 0 aliphatic carbocycles. The zero-order valence-electron chi connectivity index (χ0n) is 19.2. The number of aryl methyl sites for hydroxylation is 1. The minimum absolute atomic E-state index is 0.0101. The van der Waals surface area contributed by atoms with Gasteiger partial charge in [0.15, 0.2) is 11.4 Å². The van der Waals surface area contributed by atoms with Crippen molar-refractivity contribution in [1.82, 2.24) is 25.3 Å². The molecule has 1 amide bonds. The third-order valence-corrected chi connectivity index (χ3v) is 6.94. The van der Waals surface area contributed by atoms with Crippen LogP contribution in [0.15, 0.2) is 49.1 Å². The zero-order valence-corrected chi connectivity index (χ0v) is 20.0. The maximum absolute atomic E-state index is 12.9. The van der Waals surface area contributed by atoms with Gasteiger partial charge in [0.2, 0.25) is 0 Å². The van der Waals surface area contributed by atoms with Crippen molar-refractivity contribution in [3.8, 4) is 10.6 Å². The highest BCUT2D eigenvalue weighted by atomic mass is 32.1. The Labute approximate surface area is 196 Å². The van der Waals surface area contributed by atoms with E-state index in [4.69, 9.17) is 4.98 Å². The van der Waals surface area contributed by atoms with E-state index < -0.39 is 0 Å². The minimum Gasteiger partial charge on any atom is -0.349 e. The van der Waals surface area contributed by atoms with Gasteiger partial charge in [-0.25, -0.2) is 9.97 Å². The van der Waals surface area contributed by atoms with Gasteiger partial charge in [0, 0.05) is 31.1 Å². The number of aromatic amines is 1. The molecular formula is C25H27N5O2S. The number of thiophene rings is 1. The summed E-state index contributed by atoms with van der Waals surface area (Å²) in [6.07, 6.45) is 7.88. The van der Waals surface area contributed by atoms with Crippen molar-refractivity contribution in [3.63, 3.8) is 0 Å². The summed E-state index contributed by atoms with van der Waals surface area (Å²) in [5.74, 6) is -0.0942. The van der Waals surface area contributed by atoms with Gasteiger partial charge >= 0.3 is 0 Å². The molecule has 1 atom stereocenters. The molecule has 8 heteroatoms. The smallest absolute Gasteiger partial charge is 0.255 e. The molecule has 4 rings (SSSR count). The molecule has 0 bridgehead atoms. The molecule has 0 unspecified atom stereocenters. The van der Waals surface area contributed by atoms with E-state index in [1.54, 1.807) is 24.8 Å². The molecule has 7 nitrogen and oxygen atoms in total. The Bertz CT molecular complexity index is 1290. The van der Waals surface area contributed by atoms with E-state index in [-0.39, 0.29) is 23.1 Å². The molecule has 0 aromatic carbocycles. The van der Waals surface area contributed by atoms with E-state index in [0.717, 1.165) is 10.4 Å². The fourth-order valence-corrected chi connectivity index (χ4v) is 4.16. The van der Waals surface area contributed by atoms with E-state index in [1.165, 1.54) is 11.3 Å². The van der Waals surface area contributed by atoms with Gasteiger partial charge in [0.25, 0.3) is 5.91 Å². The van der Waals surface area contributed by atoms with Crippen molar-refractivity contribution in [3.05, 3.63) is 65.1 Å². The van der Waals surface area contributed by atoms with Crippen LogP contribution >= 0.6 is 11.3 Å². The first kappa shape index (κ1) is 22.8. The summed E-state index contributed by atoms with van der Waals surface area (Å²) < 4.78 is 0. The van der Waals surface area contributed by atoms with E-state index in [0.29, 0.717) is 40.1 Å². The fraction of sp³-hybridized carbons (Fsp3) is 0.320. The number of nitrogens with one attached hydrogen (secondary N) is 2. The molecule has 0 fully saturated rings. The van der Waals surface area contributed by atoms with Crippen molar-refractivity contribution < 1.29 is 9.59 Å². The third-order valence-electron chi connectivity index (χ3n) is 5.80. The number of ketones is 1. The van der Waals surface area contributed by atoms with Gasteiger partial charge < -0.3 is 10.3 Å². The summed E-state index contributed by atoms with van der Waals surface area (Å²) in [6, 6.07) is 7.55. The molecule has 0 aliphatic heterocycles. The van der Waals surface area contributed by atoms with Crippen LogP contribution in [-0.4, -0.2) is 37.7 Å². The number of nitrogens with zero attached hydrogens (tertiary/aromatic N) is 3. The van der Waals surface area contributed by atoms with Crippen molar-refractivity contribution in [2.24, 2.45) is 5.41 Å². The van der Waals surface area contributed by atoms with E-state index in [2.05, 4.69) is 41.0 Å².